The molecule has 34 heavy (non-hydrogen) atoms. The summed E-state index contributed by atoms with van der Waals surface area (Å²) < 4.78 is 82.0. The Morgan fingerprint density at radius 3 is 2.18 bits per heavy atom. The first kappa shape index (κ1) is 25.2. The number of methoxy groups -OCH3 is 3. The number of nitrogens with zero attached hydrogens (tertiary/aromatic N) is 1. The number of ether oxygens (including phenoxy) is 3. The predicted molar refractivity (Wildman–Crippen MR) is 118 cm³/mol. The van der Waals surface area contributed by atoms with Crippen LogP contribution in [0.1, 0.15) is 11.1 Å². The molecule has 1 N–H and O–H groups in total. The van der Waals surface area contributed by atoms with Gasteiger partial charge in [0.2, 0.25) is 0 Å². The maximum absolute atomic E-state index is 13.6. The Morgan fingerprint density at radius 1 is 1.03 bits per heavy atom. The highest BCUT2D eigenvalue weighted by Gasteiger charge is 2.38. The number of halogens is 3. The molecule has 0 atom stereocenters. The van der Waals surface area contributed by atoms with Crippen molar-refractivity contribution in [2.45, 2.75) is 24.4 Å². The summed E-state index contributed by atoms with van der Waals surface area (Å²) in [5.41, 5.74) is 1.28. The van der Waals surface area contributed by atoms with Crippen molar-refractivity contribution >= 4 is 26.8 Å². The van der Waals surface area contributed by atoms with E-state index >= 15 is 0 Å². The number of carbonyl (C=O) groups is 1. The second-order valence-corrected chi connectivity index (χ2v) is 9.12. The average Bonchev–Trinajstić information content (AvgIpc) is 3.17. The van der Waals surface area contributed by atoms with Crippen LogP contribution in [0.4, 0.5) is 13.2 Å². The Labute approximate surface area is 194 Å². The quantitative estimate of drug-likeness (QED) is 0.509. The van der Waals surface area contributed by atoms with E-state index in [1.807, 2.05) is 6.92 Å². The lowest BCUT2D eigenvalue weighted by atomic mass is 10.1. The fraction of sp³-hybridized carbons (Fsp3) is 0.318. The van der Waals surface area contributed by atoms with Crippen LogP contribution in [-0.2, 0) is 21.2 Å². The highest BCUT2D eigenvalue weighted by Crippen LogP contribution is 2.45. The van der Waals surface area contributed by atoms with Gasteiger partial charge in [-0.2, -0.15) is 13.2 Å². The van der Waals surface area contributed by atoms with Crippen molar-refractivity contribution < 1.29 is 40.6 Å². The fourth-order valence-electron chi connectivity index (χ4n) is 3.52. The van der Waals surface area contributed by atoms with Gasteiger partial charge in [-0.1, -0.05) is 17.7 Å². The van der Waals surface area contributed by atoms with Crippen LogP contribution in [0.25, 0.3) is 10.9 Å². The molecule has 8 nitrogen and oxygen atoms in total. The summed E-state index contributed by atoms with van der Waals surface area (Å²) >= 11 is 0. The molecule has 1 amide bonds. The van der Waals surface area contributed by atoms with E-state index in [1.54, 1.807) is 17.4 Å². The highest BCUT2D eigenvalue weighted by atomic mass is 32.2. The molecule has 0 unspecified atom stereocenters. The van der Waals surface area contributed by atoms with Crippen LogP contribution in [0.2, 0.25) is 0 Å². The molecule has 0 saturated carbocycles. The van der Waals surface area contributed by atoms with Crippen LogP contribution in [-0.4, -0.2) is 52.3 Å². The third-order valence-electron chi connectivity index (χ3n) is 5.16. The fourth-order valence-corrected chi connectivity index (χ4v) is 4.91. The molecule has 0 spiro atoms. The minimum atomic E-state index is -5.03. The largest absolute Gasteiger partial charge is 0.496 e. The summed E-state index contributed by atoms with van der Waals surface area (Å²) in [6.45, 7) is 1.42. The molecule has 12 heteroatoms. The lowest BCUT2D eigenvalue weighted by molar-refractivity contribution is -0.173. The lowest BCUT2D eigenvalue weighted by Gasteiger charge is -2.15. The van der Waals surface area contributed by atoms with Crippen molar-refractivity contribution in [3.63, 3.8) is 0 Å². The first-order valence-corrected chi connectivity index (χ1v) is 11.4. The van der Waals surface area contributed by atoms with E-state index in [1.165, 1.54) is 45.7 Å². The molecule has 0 aliphatic carbocycles. The summed E-state index contributed by atoms with van der Waals surface area (Å²) in [5, 5.41) is 2.09. The van der Waals surface area contributed by atoms with Gasteiger partial charge in [-0.25, -0.2) is 12.4 Å². The number of carbonyl (C=O) groups excluding carboxylic acids is 1. The second-order valence-electron chi connectivity index (χ2n) is 7.31. The van der Waals surface area contributed by atoms with Gasteiger partial charge in [-0.3, -0.25) is 4.79 Å². The van der Waals surface area contributed by atoms with Crippen molar-refractivity contribution in [3.05, 3.63) is 47.7 Å². The average molecular weight is 500 g/mol. The molecule has 2 aromatic carbocycles. The molecule has 1 heterocycles. The van der Waals surface area contributed by atoms with Gasteiger partial charge in [0.15, 0.2) is 11.5 Å². The number of hydrogen-bond donors (Lipinski definition) is 1. The summed E-state index contributed by atoms with van der Waals surface area (Å²) in [4.78, 5) is 11.2. The highest BCUT2D eigenvalue weighted by molar-refractivity contribution is 7.90. The molecule has 0 aliphatic heterocycles. The van der Waals surface area contributed by atoms with Gasteiger partial charge in [0.25, 0.3) is 10.0 Å². The predicted octanol–water partition coefficient (Wildman–Crippen LogP) is 3.43. The van der Waals surface area contributed by atoms with Gasteiger partial charge >= 0.3 is 12.1 Å². The molecule has 0 radical (unpaired) electrons. The monoisotopic (exact) mass is 500 g/mol. The van der Waals surface area contributed by atoms with Crippen LogP contribution in [0.15, 0.2) is 41.4 Å². The van der Waals surface area contributed by atoms with Crippen LogP contribution >= 0.6 is 0 Å². The molecule has 0 fully saturated rings. The van der Waals surface area contributed by atoms with E-state index in [4.69, 9.17) is 14.2 Å². The number of aryl methyl sites for hydroxylation is 1. The minimum absolute atomic E-state index is 0.00392. The number of nitrogens with one attached hydrogen (secondary N) is 1. The number of aromatic nitrogens is 1. The zero-order valence-electron chi connectivity index (χ0n) is 18.8. The zero-order chi connectivity index (χ0) is 25.3. The number of fused-ring (bicyclic) bond motifs is 1. The summed E-state index contributed by atoms with van der Waals surface area (Å²) in [7, 11) is -0.0780. The van der Waals surface area contributed by atoms with Crippen LogP contribution < -0.4 is 19.5 Å². The standard InChI is InChI=1S/C22H23F3N2O6S/c1-13-5-7-15(8-6-13)34(29,30)27-12-14(9-10-26-21(28)22(23,24)25)18-16(31-2)11-17(32-3)20(33-4)19(18)27/h5-8,11-12H,9-10H2,1-4H3,(H,26,28). The van der Waals surface area contributed by atoms with Gasteiger partial charge in [-0.05, 0) is 31.0 Å². The smallest absolute Gasteiger partial charge is 0.471 e. The Kier molecular flexibility index (Phi) is 7.01. The molecule has 3 aromatic rings. The first-order valence-electron chi connectivity index (χ1n) is 9.95. The van der Waals surface area contributed by atoms with Crippen LogP contribution in [0.5, 0.6) is 17.2 Å². The summed E-state index contributed by atoms with van der Waals surface area (Å²) in [5.74, 6) is -1.57. The molecule has 184 valence electrons. The number of alkyl halides is 3. The normalized spacial score (nSPS) is 12.0. The number of amides is 1. The van der Waals surface area contributed by atoms with Gasteiger partial charge < -0.3 is 19.5 Å². The zero-order valence-corrected chi connectivity index (χ0v) is 19.6. The van der Waals surface area contributed by atoms with Gasteiger partial charge in [0.1, 0.15) is 11.3 Å². The van der Waals surface area contributed by atoms with E-state index in [2.05, 4.69) is 0 Å². The molecule has 0 bridgehead atoms. The Bertz CT molecular complexity index is 1320. The van der Waals surface area contributed by atoms with E-state index in [0.717, 1.165) is 9.54 Å². The van der Waals surface area contributed by atoms with Crippen LogP contribution in [0, 0.1) is 6.92 Å². The Morgan fingerprint density at radius 2 is 1.65 bits per heavy atom. The van der Waals surface area contributed by atoms with Crippen molar-refractivity contribution in [2.24, 2.45) is 0 Å². The summed E-state index contributed by atoms with van der Waals surface area (Å²) in [6.07, 6.45) is -3.86. The second kappa shape index (κ2) is 9.45. The van der Waals surface area contributed by atoms with Crippen molar-refractivity contribution in [2.75, 3.05) is 27.9 Å². The molecular weight excluding hydrogens is 477 g/mol. The maximum Gasteiger partial charge on any atom is 0.471 e. The van der Waals surface area contributed by atoms with Gasteiger partial charge in [0.05, 0.1) is 31.6 Å². The Balaban J connectivity index is 2.23. The number of benzene rings is 2. The summed E-state index contributed by atoms with van der Waals surface area (Å²) in [6, 6.07) is 7.67. The maximum atomic E-state index is 13.6. The lowest BCUT2D eigenvalue weighted by Crippen LogP contribution is -2.37. The topological polar surface area (TPSA) is 95.9 Å². The third-order valence-corrected chi connectivity index (χ3v) is 6.83. The van der Waals surface area contributed by atoms with Gasteiger partial charge in [-0.15, -0.1) is 0 Å². The minimum Gasteiger partial charge on any atom is -0.496 e. The molecular formula is C22H23F3N2O6S. The van der Waals surface area contributed by atoms with Crippen molar-refractivity contribution in [1.29, 1.82) is 0 Å². The Hall–Kier alpha value is -3.41. The molecule has 3 rings (SSSR count). The van der Waals surface area contributed by atoms with Crippen molar-refractivity contribution in [1.82, 2.24) is 9.29 Å². The van der Waals surface area contributed by atoms with Crippen LogP contribution in [0.3, 0.4) is 0 Å². The molecule has 0 saturated heterocycles. The van der Waals surface area contributed by atoms with Crippen molar-refractivity contribution in [3.8, 4) is 17.2 Å². The number of rotatable bonds is 8. The van der Waals surface area contributed by atoms with E-state index in [-0.39, 0.29) is 40.6 Å². The SMILES string of the molecule is COc1cc(OC)c2c(CCNC(=O)C(F)(F)F)cn(S(=O)(=O)c3ccc(C)cc3)c2c1OC. The third kappa shape index (κ3) is 4.63. The first-order chi connectivity index (χ1) is 15.9. The molecule has 0 aliphatic rings. The van der Waals surface area contributed by atoms with E-state index in [0.29, 0.717) is 10.9 Å². The number of hydrogen-bond acceptors (Lipinski definition) is 6. The van der Waals surface area contributed by atoms with E-state index in [9.17, 15) is 26.4 Å². The van der Waals surface area contributed by atoms with Gasteiger partial charge in [0, 0.05) is 18.8 Å². The molecule has 1 aromatic heterocycles. The van der Waals surface area contributed by atoms with E-state index < -0.39 is 22.1 Å².